The molecule has 0 rings (SSSR count). The standard InChI is InChI=1S/C57H105NO5/c1-4-7-10-13-16-19-22-24-26-28-29-31-34-37-40-43-46-49-55(60)54(52-59)58-56(61)51-53(48-45-42-39-36-33-21-18-15-12-9-6-3)63-57(62)50-47-44-41-38-35-32-30-27-25-23-20-17-14-11-8-5-2/h9,12,15,18,21,27,30,33,53-55,59-60H,4-8,10-11,13-14,16-17,19-20,22-26,28-29,31-32,34-52H2,1-3H3,(H,58,61)/b12-9+,18-15+,30-27+,33-21-. The van der Waals surface area contributed by atoms with E-state index in [-0.39, 0.29) is 24.9 Å². The van der Waals surface area contributed by atoms with Crippen molar-refractivity contribution in [3.63, 3.8) is 0 Å². The van der Waals surface area contributed by atoms with Crippen LogP contribution in [-0.2, 0) is 14.3 Å². The molecule has 3 atom stereocenters. The molecule has 0 saturated carbocycles. The number of amides is 1. The normalized spacial score (nSPS) is 13.5. The van der Waals surface area contributed by atoms with Crippen LogP contribution < -0.4 is 5.32 Å². The Morgan fingerprint density at radius 3 is 1.35 bits per heavy atom. The molecule has 0 radical (unpaired) electrons. The van der Waals surface area contributed by atoms with Gasteiger partial charge >= 0.3 is 5.97 Å². The summed E-state index contributed by atoms with van der Waals surface area (Å²) in [5.74, 6) is -0.512. The second kappa shape index (κ2) is 50.8. The number of carbonyl (C=O) groups is 2. The molecule has 0 fully saturated rings. The van der Waals surface area contributed by atoms with Crippen LogP contribution in [0, 0.1) is 0 Å². The van der Waals surface area contributed by atoms with Crippen LogP contribution in [0.2, 0.25) is 0 Å². The number of aliphatic hydroxyl groups excluding tert-OH is 2. The van der Waals surface area contributed by atoms with E-state index in [2.05, 4.69) is 68.6 Å². The third-order valence-corrected chi connectivity index (χ3v) is 12.5. The first-order chi connectivity index (χ1) is 31.0. The molecule has 6 heteroatoms. The van der Waals surface area contributed by atoms with Gasteiger partial charge in [0.15, 0.2) is 0 Å². The van der Waals surface area contributed by atoms with Gasteiger partial charge in [0, 0.05) is 6.42 Å². The van der Waals surface area contributed by atoms with Crippen LogP contribution in [-0.4, -0.2) is 46.9 Å². The summed E-state index contributed by atoms with van der Waals surface area (Å²) in [6, 6.07) is -0.714. The number of hydrogen-bond donors (Lipinski definition) is 3. The van der Waals surface area contributed by atoms with E-state index < -0.39 is 18.2 Å². The molecule has 1 amide bonds. The molecular weight excluding hydrogens is 779 g/mol. The van der Waals surface area contributed by atoms with E-state index >= 15 is 0 Å². The number of aliphatic hydroxyl groups is 2. The van der Waals surface area contributed by atoms with Crippen LogP contribution in [0.1, 0.15) is 278 Å². The SMILES string of the molecule is CC/C=C/C=C/C=C\CCCCCC(CC(=O)NC(CO)C(O)CCCCCCCCCCCCCCCCCCC)OC(=O)CCCCCCC/C=C/CCCCCCCCC. The summed E-state index contributed by atoms with van der Waals surface area (Å²) < 4.78 is 5.92. The lowest BCUT2D eigenvalue weighted by Crippen LogP contribution is -2.46. The highest BCUT2D eigenvalue weighted by Gasteiger charge is 2.24. The summed E-state index contributed by atoms with van der Waals surface area (Å²) in [6.07, 6.45) is 61.8. The zero-order valence-electron chi connectivity index (χ0n) is 42.0. The molecule has 0 bridgehead atoms. The maximum absolute atomic E-state index is 13.2. The highest BCUT2D eigenvalue weighted by Crippen LogP contribution is 2.18. The summed E-state index contributed by atoms with van der Waals surface area (Å²) in [5, 5.41) is 23.8. The lowest BCUT2D eigenvalue weighted by atomic mass is 10.0. The molecule has 0 saturated heterocycles. The highest BCUT2D eigenvalue weighted by molar-refractivity contribution is 5.77. The third-order valence-electron chi connectivity index (χ3n) is 12.5. The summed E-state index contributed by atoms with van der Waals surface area (Å²) >= 11 is 0. The molecule has 0 aliphatic heterocycles. The number of esters is 1. The van der Waals surface area contributed by atoms with Gasteiger partial charge in [-0.15, -0.1) is 0 Å². The fourth-order valence-electron chi connectivity index (χ4n) is 8.31. The number of unbranched alkanes of at least 4 members (excludes halogenated alkanes) is 31. The monoisotopic (exact) mass is 884 g/mol. The first-order valence-electron chi connectivity index (χ1n) is 27.4. The van der Waals surface area contributed by atoms with Gasteiger partial charge < -0.3 is 20.3 Å². The molecule has 3 N–H and O–H groups in total. The van der Waals surface area contributed by atoms with E-state index in [4.69, 9.17) is 4.74 Å². The fraction of sp³-hybridized carbons (Fsp3) is 0.825. The average Bonchev–Trinajstić information content (AvgIpc) is 3.28. The molecule has 368 valence electrons. The summed E-state index contributed by atoms with van der Waals surface area (Å²) in [5.41, 5.74) is 0. The third kappa shape index (κ3) is 46.2. The Kier molecular flexibility index (Phi) is 49.1. The van der Waals surface area contributed by atoms with Crippen LogP contribution in [0.25, 0.3) is 0 Å². The maximum Gasteiger partial charge on any atom is 0.306 e. The van der Waals surface area contributed by atoms with Gasteiger partial charge in [0.05, 0.1) is 25.2 Å². The van der Waals surface area contributed by atoms with E-state index in [1.807, 2.05) is 6.08 Å². The summed E-state index contributed by atoms with van der Waals surface area (Å²) in [7, 11) is 0. The Labute approximate surface area is 391 Å². The minimum atomic E-state index is -0.798. The Morgan fingerprint density at radius 1 is 0.476 bits per heavy atom. The lowest BCUT2D eigenvalue weighted by Gasteiger charge is -2.24. The van der Waals surface area contributed by atoms with Gasteiger partial charge in [-0.2, -0.15) is 0 Å². The number of hydrogen-bond acceptors (Lipinski definition) is 5. The van der Waals surface area contributed by atoms with Crippen LogP contribution >= 0.6 is 0 Å². The Balaban J connectivity index is 4.49. The van der Waals surface area contributed by atoms with Gasteiger partial charge in [-0.3, -0.25) is 9.59 Å². The van der Waals surface area contributed by atoms with Crippen LogP contribution in [0.5, 0.6) is 0 Å². The van der Waals surface area contributed by atoms with Gasteiger partial charge in [0.2, 0.25) is 5.91 Å². The van der Waals surface area contributed by atoms with Gasteiger partial charge in [0.25, 0.3) is 0 Å². The fourth-order valence-corrected chi connectivity index (χ4v) is 8.31. The summed E-state index contributed by atoms with van der Waals surface area (Å²) in [6.45, 7) is 6.36. The largest absolute Gasteiger partial charge is 0.462 e. The van der Waals surface area contributed by atoms with Crippen LogP contribution in [0.3, 0.4) is 0 Å². The van der Waals surface area contributed by atoms with Crippen molar-refractivity contribution in [2.24, 2.45) is 0 Å². The molecule has 6 nitrogen and oxygen atoms in total. The topological polar surface area (TPSA) is 95.9 Å². The number of allylic oxidation sites excluding steroid dienone is 8. The maximum atomic E-state index is 13.2. The second-order valence-electron chi connectivity index (χ2n) is 18.7. The predicted molar refractivity (Wildman–Crippen MR) is 273 cm³/mol. The van der Waals surface area contributed by atoms with Crippen molar-refractivity contribution in [2.75, 3.05) is 6.61 Å². The smallest absolute Gasteiger partial charge is 0.306 e. The Hall–Kier alpha value is -2.18. The predicted octanol–water partition coefficient (Wildman–Crippen LogP) is 16.6. The first-order valence-corrected chi connectivity index (χ1v) is 27.4. The number of carbonyl (C=O) groups excluding carboxylic acids is 2. The number of ether oxygens (including phenoxy) is 1. The van der Waals surface area contributed by atoms with E-state index in [1.165, 1.54) is 154 Å². The van der Waals surface area contributed by atoms with Crippen molar-refractivity contribution in [1.29, 1.82) is 0 Å². The second-order valence-corrected chi connectivity index (χ2v) is 18.7. The minimum absolute atomic E-state index is 0.0521. The molecule has 3 unspecified atom stereocenters. The van der Waals surface area contributed by atoms with Gasteiger partial charge in [-0.25, -0.2) is 0 Å². The van der Waals surface area contributed by atoms with Crippen molar-refractivity contribution >= 4 is 11.9 Å². The van der Waals surface area contributed by atoms with Crippen molar-refractivity contribution in [3.8, 4) is 0 Å². The molecule has 0 aliphatic carbocycles. The van der Waals surface area contributed by atoms with E-state index in [0.29, 0.717) is 19.3 Å². The number of nitrogens with one attached hydrogen (secondary N) is 1. The highest BCUT2D eigenvalue weighted by atomic mass is 16.5. The molecule has 0 aromatic heterocycles. The van der Waals surface area contributed by atoms with Gasteiger partial charge in [-0.1, -0.05) is 243 Å². The van der Waals surface area contributed by atoms with Gasteiger partial charge in [-0.05, 0) is 70.6 Å². The van der Waals surface area contributed by atoms with Gasteiger partial charge in [0.1, 0.15) is 6.10 Å². The quantitative estimate of drug-likeness (QED) is 0.0245. The zero-order chi connectivity index (χ0) is 45.9. The van der Waals surface area contributed by atoms with Crippen molar-refractivity contribution in [3.05, 3.63) is 48.6 Å². The average molecular weight is 884 g/mol. The van der Waals surface area contributed by atoms with Crippen molar-refractivity contribution < 1.29 is 24.5 Å². The molecular formula is C57H105NO5. The first kappa shape index (κ1) is 60.8. The van der Waals surface area contributed by atoms with Crippen molar-refractivity contribution in [2.45, 2.75) is 296 Å². The van der Waals surface area contributed by atoms with E-state index in [1.54, 1.807) is 0 Å². The zero-order valence-corrected chi connectivity index (χ0v) is 42.0. The van der Waals surface area contributed by atoms with E-state index in [9.17, 15) is 19.8 Å². The lowest BCUT2D eigenvalue weighted by molar-refractivity contribution is -0.151. The molecule has 0 aromatic rings. The van der Waals surface area contributed by atoms with Crippen LogP contribution in [0.15, 0.2) is 48.6 Å². The van der Waals surface area contributed by atoms with Crippen molar-refractivity contribution in [1.82, 2.24) is 5.32 Å². The molecule has 0 aliphatic rings. The minimum Gasteiger partial charge on any atom is -0.462 e. The van der Waals surface area contributed by atoms with E-state index in [0.717, 1.165) is 77.0 Å². The molecule has 0 aromatic carbocycles. The molecule has 63 heavy (non-hydrogen) atoms. The summed E-state index contributed by atoms with van der Waals surface area (Å²) in [4.78, 5) is 26.2. The Bertz CT molecular complexity index is 1080. The van der Waals surface area contributed by atoms with Crippen LogP contribution in [0.4, 0.5) is 0 Å². The molecule has 0 spiro atoms. The Morgan fingerprint density at radius 2 is 0.873 bits per heavy atom. The molecule has 0 heterocycles. The number of rotatable bonds is 49.